The Kier molecular flexibility index (Phi) is 6.01. The number of fused-ring (bicyclic) bond motifs is 1. The van der Waals surface area contributed by atoms with E-state index < -0.39 is 0 Å². The predicted octanol–water partition coefficient (Wildman–Crippen LogP) is 2.00. The second-order valence-corrected chi connectivity index (χ2v) is 6.97. The van der Waals surface area contributed by atoms with Gasteiger partial charge in [0.2, 0.25) is 5.91 Å². The van der Waals surface area contributed by atoms with Crippen LogP contribution in [0.5, 0.6) is 0 Å². The molecule has 0 unspecified atom stereocenters. The first kappa shape index (κ1) is 19.2. The van der Waals surface area contributed by atoms with Gasteiger partial charge in [0, 0.05) is 31.8 Å². The number of likely N-dealkylation sites (tertiary alicyclic amines) is 1. The van der Waals surface area contributed by atoms with E-state index in [0.717, 1.165) is 35.3 Å². The third-order valence-corrected chi connectivity index (χ3v) is 5.04. The second-order valence-electron chi connectivity index (χ2n) is 6.97. The van der Waals surface area contributed by atoms with Gasteiger partial charge >= 0.3 is 0 Å². The number of hydrogen-bond acceptors (Lipinski definition) is 5. The van der Waals surface area contributed by atoms with Crippen molar-refractivity contribution < 1.29 is 14.3 Å². The van der Waals surface area contributed by atoms with Gasteiger partial charge in [0.05, 0.1) is 35.4 Å². The quantitative estimate of drug-likeness (QED) is 0.870. The van der Waals surface area contributed by atoms with Crippen LogP contribution in [0.25, 0.3) is 11.0 Å². The highest BCUT2D eigenvalue weighted by Crippen LogP contribution is 2.16. The zero-order valence-corrected chi connectivity index (χ0v) is 16.1. The number of methoxy groups -OCH3 is 1. The maximum absolute atomic E-state index is 12.6. The highest BCUT2D eigenvalue weighted by Gasteiger charge is 2.24. The number of piperidine rings is 1. The molecule has 0 saturated carbocycles. The number of aromatic nitrogens is 2. The zero-order chi connectivity index (χ0) is 19.4. The summed E-state index contributed by atoms with van der Waals surface area (Å²) in [6.07, 6.45) is 1.93. The van der Waals surface area contributed by atoms with Crippen molar-refractivity contribution in [2.24, 2.45) is 0 Å². The molecule has 144 valence electrons. The zero-order valence-electron chi connectivity index (χ0n) is 16.1. The fraction of sp³-hybridized carbons (Fsp3) is 0.500. The molecule has 3 rings (SSSR count). The lowest BCUT2D eigenvalue weighted by Crippen LogP contribution is -2.46. The van der Waals surface area contributed by atoms with Crippen LogP contribution >= 0.6 is 0 Å². The van der Waals surface area contributed by atoms with Crippen LogP contribution in [0.2, 0.25) is 0 Å². The first-order valence-electron chi connectivity index (χ1n) is 9.30. The van der Waals surface area contributed by atoms with Gasteiger partial charge < -0.3 is 15.0 Å². The fourth-order valence-corrected chi connectivity index (χ4v) is 3.26. The van der Waals surface area contributed by atoms with Gasteiger partial charge in [-0.3, -0.25) is 9.59 Å². The summed E-state index contributed by atoms with van der Waals surface area (Å²) >= 11 is 0. The summed E-state index contributed by atoms with van der Waals surface area (Å²) < 4.78 is 4.96. The molecule has 7 heteroatoms. The minimum Gasteiger partial charge on any atom is -0.384 e. The number of carbonyl (C=O) groups is 2. The highest BCUT2D eigenvalue weighted by atomic mass is 16.5. The predicted molar refractivity (Wildman–Crippen MR) is 103 cm³/mol. The van der Waals surface area contributed by atoms with Gasteiger partial charge in [-0.15, -0.1) is 0 Å². The van der Waals surface area contributed by atoms with Crippen molar-refractivity contribution >= 4 is 22.8 Å². The molecule has 1 saturated heterocycles. The van der Waals surface area contributed by atoms with E-state index in [1.54, 1.807) is 19.2 Å². The average molecular weight is 370 g/mol. The Morgan fingerprint density at radius 2 is 1.81 bits per heavy atom. The lowest BCUT2D eigenvalue weighted by molar-refractivity contribution is -0.133. The molecule has 7 nitrogen and oxygen atoms in total. The second kappa shape index (κ2) is 8.43. The van der Waals surface area contributed by atoms with E-state index in [0.29, 0.717) is 31.7 Å². The van der Waals surface area contributed by atoms with Gasteiger partial charge in [0.25, 0.3) is 5.91 Å². The van der Waals surface area contributed by atoms with E-state index in [1.807, 2.05) is 24.8 Å². The lowest BCUT2D eigenvalue weighted by Gasteiger charge is -2.32. The minimum absolute atomic E-state index is 0.0745. The van der Waals surface area contributed by atoms with Gasteiger partial charge in [-0.05, 0) is 44.9 Å². The standard InChI is InChI=1S/C20H26N4O3/c1-13-14(2)22-18-12-15(4-5-17(18)21-13)20(26)23-16-6-9-24(10-7-16)19(25)8-11-27-3/h4-5,12,16H,6-11H2,1-3H3,(H,23,26). The number of nitrogens with one attached hydrogen (secondary N) is 1. The van der Waals surface area contributed by atoms with Crippen molar-refractivity contribution in [2.45, 2.75) is 39.2 Å². The van der Waals surface area contributed by atoms with Gasteiger partial charge in [0.1, 0.15) is 0 Å². The van der Waals surface area contributed by atoms with Crippen LogP contribution in [-0.4, -0.2) is 59.5 Å². The molecule has 1 aliphatic rings. The van der Waals surface area contributed by atoms with Crippen molar-refractivity contribution in [1.82, 2.24) is 20.2 Å². The van der Waals surface area contributed by atoms with E-state index in [2.05, 4.69) is 15.3 Å². The molecule has 0 aliphatic carbocycles. The number of nitrogens with zero attached hydrogens (tertiary/aromatic N) is 3. The summed E-state index contributed by atoms with van der Waals surface area (Å²) in [6, 6.07) is 5.48. The van der Waals surface area contributed by atoms with Crippen molar-refractivity contribution in [3.8, 4) is 0 Å². The number of hydrogen-bond donors (Lipinski definition) is 1. The summed E-state index contributed by atoms with van der Waals surface area (Å²) in [5.41, 5.74) is 3.86. The summed E-state index contributed by atoms with van der Waals surface area (Å²) in [5.74, 6) is 0.00137. The molecule has 0 radical (unpaired) electrons. The third-order valence-electron chi connectivity index (χ3n) is 5.04. The summed E-state index contributed by atoms with van der Waals surface area (Å²) in [7, 11) is 1.59. The number of ether oxygens (including phenoxy) is 1. The van der Waals surface area contributed by atoms with Gasteiger partial charge in [-0.2, -0.15) is 0 Å². The van der Waals surface area contributed by atoms with E-state index in [-0.39, 0.29) is 17.9 Å². The summed E-state index contributed by atoms with van der Waals surface area (Å²) in [5, 5.41) is 3.08. The molecule has 1 aliphatic heterocycles. The maximum Gasteiger partial charge on any atom is 0.251 e. The highest BCUT2D eigenvalue weighted by molar-refractivity contribution is 5.97. The topological polar surface area (TPSA) is 84.4 Å². The fourth-order valence-electron chi connectivity index (χ4n) is 3.26. The SMILES string of the molecule is COCCC(=O)N1CCC(NC(=O)c2ccc3nc(C)c(C)nc3c2)CC1. The minimum atomic E-state index is -0.110. The van der Waals surface area contributed by atoms with Crippen LogP contribution < -0.4 is 5.32 Å². The van der Waals surface area contributed by atoms with Crippen LogP contribution in [-0.2, 0) is 9.53 Å². The van der Waals surface area contributed by atoms with Gasteiger partial charge in [0.15, 0.2) is 0 Å². The van der Waals surface area contributed by atoms with Crippen molar-refractivity contribution in [1.29, 1.82) is 0 Å². The molecular formula is C20H26N4O3. The molecule has 1 aromatic heterocycles. The van der Waals surface area contributed by atoms with Crippen molar-refractivity contribution in [3.05, 3.63) is 35.2 Å². The molecule has 0 spiro atoms. The summed E-state index contributed by atoms with van der Waals surface area (Å²) in [6.45, 7) is 5.61. The monoisotopic (exact) mass is 370 g/mol. The first-order valence-corrected chi connectivity index (χ1v) is 9.30. The molecule has 0 atom stereocenters. The van der Waals surface area contributed by atoms with E-state index in [9.17, 15) is 9.59 Å². The van der Waals surface area contributed by atoms with E-state index >= 15 is 0 Å². The largest absolute Gasteiger partial charge is 0.384 e. The molecule has 1 aromatic carbocycles. The molecule has 2 heterocycles. The Balaban J connectivity index is 1.59. The van der Waals surface area contributed by atoms with Gasteiger partial charge in [-0.1, -0.05) is 0 Å². The Hall–Kier alpha value is -2.54. The van der Waals surface area contributed by atoms with Crippen LogP contribution in [0, 0.1) is 13.8 Å². The average Bonchev–Trinajstić information content (AvgIpc) is 2.67. The third kappa shape index (κ3) is 4.60. The molecule has 1 N–H and O–H groups in total. The van der Waals surface area contributed by atoms with E-state index in [1.165, 1.54) is 0 Å². The molecule has 2 amide bonds. The summed E-state index contributed by atoms with van der Waals surface area (Å²) in [4.78, 5) is 35.5. The Morgan fingerprint density at radius 3 is 2.48 bits per heavy atom. The molecule has 27 heavy (non-hydrogen) atoms. The molecular weight excluding hydrogens is 344 g/mol. The number of amides is 2. The number of rotatable bonds is 5. The van der Waals surface area contributed by atoms with Crippen molar-refractivity contribution in [2.75, 3.05) is 26.8 Å². The molecule has 2 aromatic rings. The van der Waals surface area contributed by atoms with Crippen molar-refractivity contribution in [3.63, 3.8) is 0 Å². The number of benzene rings is 1. The van der Waals surface area contributed by atoms with Crippen LogP contribution in [0.4, 0.5) is 0 Å². The van der Waals surface area contributed by atoms with Gasteiger partial charge in [-0.25, -0.2) is 9.97 Å². The first-order chi connectivity index (χ1) is 13.0. The normalized spacial score (nSPS) is 15.1. The number of carbonyl (C=O) groups excluding carboxylic acids is 2. The Labute approximate surface area is 159 Å². The number of aryl methyl sites for hydroxylation is 2. The lowest BCUT2D eigenvalue weighted by atomic mass is 10.0. The molecule has 1 fully saturated rings. The smallest absolute Gasteiger partial charge is 0.251 e. The Bertz CT molecular complexity index is 844. The maximum atomic E-state index is 12.6. The molecule has 0 bridgehead atoms. The van der Waals surface area contributed by atoms with Crippen LogP contribution in [0.3, 0.4) is 0 Å². The van der Waals surface area contributed by atoms with Crippen LogP contribution in [0.1, 0.15) is 41.0 Å². The Morgan fingerprint density at radius 1 is 1.15 bits per heavy atom. The van der Waals surface area contributed by atoms with E-state index in [4.69, 9.17) is 4.74 Å². The van der Waals surface area contributed by atoms with Crippen LogP contribution in [0.15, 0.2) is 18.2 Å².